The Balaban J connectivity index is 1.88. The summed E-state index contributed by atoms with van der Waals surface area (Å²) in [4.78, 5) is 28.1. The Morgan fingerprint density at radius 2 is 2.03 bits per heavy atom. The van der Waals surface area contributed by atoms with Crippen molar-refractivity contribution in [3.63, 3.8) is 0 Å². The van der Waals surface area contributed by atoms with E-state index in [2.05, 4.69) is 10.3 Å². The highest BCUT2D eigenvalue weighted by molar-refractivity contribution is 6.02. The van der Waals surface area contributed by atoms with Gasteiger partial charge in [-0.1, -0.05) is 25.5 Å². The third-order valence-electron chi connectivity index (χ3n) is 4.97. The first-order valence-electron chi connectivity index (χ1n) is 10.1. The van der Waals surface area contributed by atoms with Crippen molar-refractivity contribution in [2.45, 2.75) is 53.5 Å². The number of ketones is 1. The molecule has 0 bridgehead atoms. The molecule has 154 valence electrons. The fourth-order valence-corrected chi connectivity index (χ4v) is 3.73. The average molecular weight is 396 g/mol. The lowest BCUT2D eigenvalue weighted by molar-refractivity contribution is 0.0930. The van der Waals surface area contributed by atoms with Gasteiger partial charge in [-0.25, -0.2) is 0 Å². The van der Waals surface area contributed by atoms with Crippen LogP contribution >= 0.6 is 0 Å². The van der Waals surface area contributed by atoms with Gasteiger partial charge >= 0.3 is 0 Å². The van der Waals surface area contributed by atoms with Gasteiger partial charge in [-0.3, -0.25) is 9.59 Å². The number of H-pyrrole nitrogens is 1. The van der Waals surface area contributed by atoms with Crippen molar-refractivity contribution in [2.75, 3.05) is 6.61 Å². The molecule has 0 aliphatic rings. The largest absolute Gasteiger partial charge is 0.490 e. The number of aromatic amines is 1. The van der Waals surface area contributed by atoms with Crippen LogP contribution in [0.4, 0.5) is 0 Å². The monoisotopic (exact) mass is 396 g/mol. The smallest absolute Gasteiger partial charge is 0.268 e. The zero-order valence-corrected chi connectivity index (χ0v) is 17.6. The van der Waals surface area contributed by atoms with E-state index >= 15 is 0 Å². The molecule has 29 heavy (non-hydrogen) atoms. The molecule has 2 N–H and O–H groups in total. The predicted molar refractivity (Wildman–Crippen MR) is 113 cm³/mol. The minimum Gasteiger partial charge on any atom is -0.490 e. The summed E-state index contributed by atoms with van der Waals surface area (Å²) in [6.45, 7) is 9.73. The van der Waals surface area contributed by atoms with Gasteiger partial charge in [-0.15, -0.1) is 0 Å². The van der Waals surface area contributed by atoms with E-state index in [-0.39, 0.29) is 17.7 Å². The molecule has 0 saturated carbocycles. The van der Waals surface area contributed by atoms with Gasteiger partial charge in [0.2, 0.25) is 0 Å². The van der Waals surface area contributed by atoms with Gasteiger partial charge in [0.05, 0.1) is 12.6 Å². The molecular weight excluding hydrogens is 368 g/mol. The molecule has 0 saturated heterocycles. The first kappa shape index (κ1) is 20.7. The lowest BCUT2D eigenvalue weighted by Gasteiger charge is -2.12. The van der Waals surface area contributed by atoms with Gasteiger partial charge < -0.3 is 19.5 Å². The van der Waals surface area contributed by atoms with E-state index in [9.17, 15) is 9.59 Å². The summed E-state index contributed by atoms with van der Waals surface area (Å²) in [5.74, 6) is 1.05. The standard InChI is InChI=1S/C23H28N2O4/c1-6-9-17-20(15(5)26)14(4)24-21(17)23(27)25-13(3)19-12-16-10-8-11-18(28-7-2)22(16)29-19/h8,10-13,24H,6-7,9H2,1-5H3,(H,25,27). The SMILES string of the molecule is CCCc1c(C(=O)NC(C)c2cc3cccc(OCC)c3o2)[nH]c(C)c1C(C)=O. The van der Waals surface area contributed by atoms with E-state index in [1.165, 1.54) is 6.92 Å². The van der Waals surface area contributed by atoms with Gasteiger partial charge in [0, 0.05) is 16.6 Å². The van der Waals surface area contributed by atoms with Crippen molar-refractivity contribution in [2.24, 2.45) is 0 Å². The quantitative estimate of drug-likeness (QED) is 0.518. The average Bonchev–Trinajstić information content (AvgIpc) is 3.24. The Kier molecular flexibility index (Phi) is 6.11. The summed E-state index contributed by atoms with van der Waals surface area (Å²) in [5, 5.41) is 3.91. The van der Waals surface area contributed by atoms with Gasteiger partial charge in [0.25, 0.3) is 5.91 Å². The molecule has 3 aromatic rings. The number of carbonyl (C=O) groups is 2. The number of fused-ring (bicyclic) bond motifs is 1. The second-order valence-electron chi connectivity index (χ2n) is 7.24. The summed E-state index contributed by atoms with van der Waals surface area (Å²) < 4.78 is 11.6. The van der Waals surface area contributed by atoms with Crippen molar-refractivity contribution in [1.82, 2.24) is 10.3 Å². The van der Waals surface area contributed by atoms with Crippen LogP contribution in [0.1, 0.15) is 78.0 Å². The van der Waals surface area contributed by atoms with Crippen LogP contribution in [0.15, 0.2) is 28.7 Å². The lowest BCUT2D eigenvalue weighted by atomic mass is 10.0. The number of aromatic nitrogens is 1. The van der Waals surface area contributed by atoms with E-state index in [4.69, 9.17) is 9.15 Å². The van der Waals surface area contributed by atoms with Crippen molar-refractivity contribution in [3.8, 4) is 5.75 Å². The molecule has 0 fully saturated rings. The number of amides is 1. The molecule has 0 radical (unpaired) electrons. The number of furan rings is 1. The minimum absolute atomic E-state index is 0.0324. The maximum atomic E-state index is 13.0. The Hall–Kier alpha value is -3.02. The number of hydrogen-bond acceptors (Lipinski definition) is 4. The predicted octanol–water partition coefficient (Wildman–Crippen LogP) is 5.11. The van der Waals surface area contributed by atoms with Gasteiger partial charge in [0.1, 0.15) is 11.5 Å². The molecule has 3 rings (SSSR count). The third-order valence-corrected chi connectivity index (χ3v) is 4.97. The molecule has 1 unspecified atom stereocenters. The summed E-state index contributed by atoms with van der Waals surface area (Å²) in [6, 6.07) is 7.30. The first-order chi connectivity index (χ1) is 13.9. The highest BCUT2D eigenvalue weighted by atomic mass is 16.5. The fourth-order valence-electron chi connectivity index (χ4n) is 3.73. The maximum absolute atomic E-state index is 13.0. The van der Waals surface area contributed by atoms with Gasteiger partial charge in [-0.05, 0) is 51.8 Å². The van der Waals surface area contributed by atoms with Crippen LogP contribution in [0.5, 0.6) is 5.75 Å². The molecule has 2 aromatic heterocycles. The van der Waals surface area contributed by atoms with Gasteiger partial charge in [0.15, 0.2) is 17.1 Å². The Morgan fingerprint density at radius 3 is 2.69 bits per heavy atom. The van der Waals surface area contributed by atoms with Crippen LogP contribution in [-0.4, -0.2) is 23.3 Å². The Morgan fingerprint density at radius 1 is 1.28 bits per heavy atom. The van der Waals surface area contributed by atoms with E-state index in [0.29, 0.717) is 41.4 Å². The van der Waals surface area contributed by atoms with Crippen LogP contribution in [0, 0.1) is 6.92 Å². The lowest BCUT2D eigenvalue weighted by Crippen LogP contribution is -2.27. The second-order valence-corrected chi connectivity index (χ2v) is 7.24. The summed E-state index contributed by atoms with van der Waals surface area (Å²) in [6.07, 6.45) is 1.51. The van der Waals surface area contributed by atoms with Crippen LogP contribution in [-0.2, 0) is 6.42 Å². The van der Waals surface area contributed by atoms with Gasteiger partial charge in [-0.2, -0.15) is 0 Å². The molecule has 0 aliphatic carbocycles. The second kappa shape index (κ2) is 8.55. The van der Waals surface area contributed by atoms with Crippen molar-refractivity contribution >= 4 is 22.7 Å². The third kappa shape index (κ3) is 4.06. The summed E-state index contributed by atoms with van der Waals surface area (Å²) in [7, 11) is 0. The van der Waals surface area contributed by atoms with E-state index in [1.807, 2.05) is 52.0 Å². The Labute approximate surface area is 170 Å². The van der Waals surface area contributed by atoms with E-state index in [0.717, 1.165) is 23.1 Å². The van der Waals surface area contributed by atoms with Crippen LogP contribution in [0.25, 0.3) is 11.0 Å². The Bertz CT molecular complexity index is 1040. The maximum Gasteiger partial charge on any atom is 0.268 e. The number of benzene rings is 1. The number of hydrogen-bond donors (Lipinski definition) is 2. The fraction of sp³-hybridized carbons (Fsp3) is 0.391. The normalized spacial score (nSPS) is 12.2. The van der Waals surface area contributed by atoms with Crippen molar-refractivity contribution in [1.29, 1.82) is 0 Å². The highest BCUT2D eigenvalue weighted by Crippen LogP contribution is 2.31. The first-order valence-corrected chi connectivity index (χ1v) is 10.1. The number of ether oxygens (including phenoxy) is 1. The molecule has 1 amide bonds. The number of aryl methyl sites for hydroxylation is 1. The van der Waals surface area contributed by atoms with E-state index in [1.54, 1.807) is 0 Å². The highest BCUT2D eigenvalue weighted by Gasteiger charge is 2.24. The zero-order valence-electron chi connectivity index (χ0n) is 17.6. The molecule has 1 aromatic carbocycles. The number of para-hydroxylation sites is 1. The van der Waals surface area contributed by atoms with Crippen LogP contribution in [0.2, 0.25) is 0 Å². The van der Waals surface area contributed by atoms with Crippen LogP contribution in [0.3, 0.4) is 0 Å². The summed E-state index contributed by atoms with van der Waals surface area (Å²) >= 11 is 0. The number of rotatable bonds is 8. The molecule has 0 aliphatic heterocycles. The zero-order chi connectivity index (χ0) is 21.1. The summed E-state index contributed by atoms with van der Waals surface area (Å²) in [5.41, 5.74) is 3.25. The topological polar surface area (TPSA) is 84.3 Å². The van der Waals surface area contributed by atoms with Crippen molar-refractivity contribution in [3.05, 3.63) is 52.5 Å². The molecular formula is C23H28N2O4. The van der Waals surface area contributed by atoms with E-state index < -0.39 is 0 Å². The molecule has 6 heteroatoms. The number of nitrogens with one attached hydrogen (secondary N) is 2. The molecule has 2 heterocycles. The number of carbonyl (C=O) groups excluding carboxylic acids is 2. The molecule has 6 nitrogen and oxygen atoms in total. The van der Waals surface area contributed by atoms with Crippen molar-refractivity contribution < 1.29 is 18.7 Å². The molecule has 1 atom stereocenters. The molecule has 0 spiro atoms. The minimum atomic E-state index is -0.344. The number of Topliss-reactive ketones (excluding diaryl/α,β-unsaturated/α-hetero) is 1. The van der Waals surface area contributed by atoms with Crippen LogP contribution < -0.4 is 10.1 Å².